The van der Waals surface area contributed by atoms with Crippen molar-refractivity contribution < 1.29 is 18.1 Å². The van der Waals surface area contributed by atoms with Gasteiger partial charge in [0.05, 0.1) is 9.82 Å². The van der Waals surface area contributed by atoms with Crippen LogP contribution in [0.4, 0.5) is 11.4 Å². The first kappa shape index (κ1) is 23.2. The maximum atomic E-state index is 12.3. The maximum absolute atomic E-state index is 12.3. The van der Waals surface area contributed by atoms with E-state index < -0.39 is 20.9 Å². The summed E-state index contributed by atoms with van der Waals surface area (Å²) in [6, 6.07) is 11.7. The van der Waals surface area contributed by atoms with E-state index in [2.05, 4.69) is 17.0 Å². The third kappa shape index (κ3) is 7.41. The number of amides is 1. The van der Waals surface area contributed by atoms with Gasteiger partial charge in [0.25, 0.3) is 5.69 Å². The molecule has 0 fully saturated rings. The van der Waals surface area contributed by atoms with Gasteiger partial charge >= 0.3 is 0 Å². The number of nitro groups is 1. The van der Waals surface area contributed by atoms with Crippen molar-refractivity contribution >= 4 is 33.4 Å². The lowest BCUT2D eigenvalue weighted by Gasteiger charge is -2.08. The van der Waals surface area contributed by atoms with Gasteiger partial charge in [0.15, 0.2) is 0 Å². The number of benzene rings is 2. The Morgan fingerprint density at radius 2 is 1.70 bits per heavy atom. The molecule has 0 bridgehead atoms. The number of rotatable bonds is 11. The quantitative estimate of drug-likeness (QED) is 0.240. The van der Waals surface area contributed by atoms with Crippen LogP contribution in [0, 0.1) is 10.1 Å². The van der Waals surface area contributed by atoms with E-state index in [-0.39, 0.29) is 10.6 Å². The lowest BCUT2D eigenvalue weighted by Crippen LogP contribution is -2.24. The Morgan fingerprint density at radius 3 is 2.30 bits per heavy atom. The van der Waals surface area contributed by atoms with Crippen LogP contribution in [0.15, 0.2) is 59.5 Å². The Kier molecular flexibility index (Phi) is 8.70. The van der Waals surface area contributed by atoms with Crippen molar-refractivity contribution in [2.24, 2.45) is 0 Å². The van der Waals surface area contributed by atoms with Crippen LogP contribution in [-0.4, -0.2) is 25.8 Å². The number of non-ortho nitro benzene ring substituents is 1. The van der Waals surface area contributed by atoms with Gasteiger partial charge in [-0.05, 0) is 54.5 Å². The molecule has 0 radical (unpaired) electrons. The minimum atomic E-state index is -3.57. The van der Waals surface area contributed by atoms with Gasteiger partial charge in [0.1, 0.15) is 0 Å². The van der Waals surface area contributed by atoms with E-state index in [1.54, 1.807) is 0 Å². The van der Waals surface area contributed by atoms with E-state index >= 15 is 0 Å². The number of hydrogen-bond acceptors (Lipinski definition) is 5. The van der Waals surface area contributed by atoms with Crippen LogP contribution in [0.3, 0.4) is 0 Å². The summed E-state index contributed by atoms with van der Waals surface area (Å²) in [5.74, 6) is -0.405. The molecule has 0 saturated carbocycles. The number of nitrogens with one attached hydrogen (secondary N) is 2. The highest BCUT2D eigenvalue weighted by Gasteiger charge is 2.13. The van der Waals surface area contributed by atoms with Crippen molar-refractivity contribution in [1.82, 2.24) is 4.72 Å². The van der Waals surface area contributed by atoms with E-state index in [1.165, 1.54) is 60.7 Å². The van der Waals surface area contributed by atoms with Crippen molar-refractivity contribution in [2.75, 3.05) is 11.9 Å². The monoisotopic (exact) mass is 431 g/mol. The average molecular weight is 432 g/mol. The SMILES string of the molecule is CCCCCCNS(=O)(=O)c1ccc(NC(=O)/C=C/c2ccc([N+](=O)[O-])cc2)cc1. The molecule has 1 amide bonds. The average Bonchev–Trinajstić information content (AvgIpc) is 2.73. The predicted molar refractivity (Wildman–Crippen MR) is 117 cm³/mol. The zero-order valence-electron chi connectivity index (χ0n) is 16.7. The summed E-state index contributed by atoms with van der Waals surface area (Å²) in [6.45, 7) is 2.49. The molecule has 8 nitrogen and oxygen atoms in total. The third-order valence-corrected chi connectivity index (χ3v) is 5.76. The number of nitro benzene ring substituents is 1. The molecule has 0 aliphatic heterocycles. The highest BCUT2D eigenvalue weighted by atomic mass is 32.2. The number of unbranched alkanes of at least 4 members (excludes halogenated alkanes) is 3. The van der Waals surface area contributed by atoms with E-state index in [4.69, 9.17) is 0 Å². The molecular weight excluding hydrogens is 406 g/mol. The molecule has 0 saturated heterocycles. The van der Waals surface area contributed by atoms with Gasteiger partial charge in [-0.15, -0.1) is 0 Å². The van der Waals surface area contributed by atoms with Crippen LogP contribution >= 0.6 is 0 Å². The first-order valence-electron chi connectivity index (χ1n) is 9.65. The van der Waals surface area contributed by atoms with Gasteiger partial charge in [0, 0.05) is 30.4 Å². The summed E-state index contributed by atoms with van der Waals surface area (Å²) < 4.78 is 27.1. The van der Waals surface area contributed by atoms with E-state index in [0.717, 1.165) is 25.7 Å². The molecule has 2 rings (SSSR count). The zero-order chi connectivity index (χ0) is 22.0. The normalized spacial score (nSPS) is 11.5. The molecule has 0 atom stereocenters. The number of carbonyl (C=O) groups is 1. The van der Waals surface area contributed by atoms with Crippen molar-refractivity contribution in [2.45, 2.75) is 37.5 Å². The largest absolute Gasteiger partial charge is 0.323 e. The number of anilines is 1. The summed E-state index contributed by atoms with van der Waals surface area (Å²) in [6.07, 6.45) is 6.77. The fourth-order valence-corrected chi connectivity index (χ4v) is 3.70. The van der Waals surface area contributed by atoms with Crippen LogP contribution in [0.2, 0.25) is 0 Å². The Labute approximate surface area is 176 Å². The van der Waals surface area contributed by atoms with Crippen molar-refractivity contribution in [3.63, 3.8) is 0 Å². The zero-order valence-corrected chi connectivity index (χ0v) is 17.5. The van der Waals surface area contributed by atoms with E-state index in [1.807, 2.05) is 0 Å². The van der Waals surface area contributed by atoms with Crippen LogP contribution in [-0.2, 0) is 14.8 Å². The molecule has 30 heavy (non-hydrogen) atoms. The molecule has 0 aliphatic rings. The van der Waals surface area contributed by atoms with Gasteiger partial charge in [-0.25, -0.2) is 13.1 Å². The Morgan fingerprint density at radius 1 is 1.03 bits per heavy atom. The highest BCUT2D eigenvalue weighted by molar-refractivity contribution is 7.89. The summed E-state index contributed by atoms with van der Waals surface area (Å²) in [4.78, 5) is 22.3. The minimum absolute atomic E-state index is 0.0258. The fraction of sp³-hybridized carbons (Fsp3) is 0.286. The van der Waals surface area contributed by atoms with Gasteiger partial charge in [-0.2, -0.15) is 0 Å². The summed E-state index contributed by atoms with van der Waals surface area (Å²) in [7, 11) is -3.57. The molecule has 0 aromatic heterocycles. The lowest BCUT2D eigenvalue weighted by molar-refractivity contribution is -0.384. The van der Waals surface area contributed by atoms with Gasteiger partial charge in [-0.3, -0.25) is 14.9 Å². The molecule has 2 N–H and O–H groups in total. The molecule has 0 heterocycles. The Balaban J connectivity index is 1.89. The second-order valence-electron chi connectivity index (χ2n) is 6.65. The van der Waals surface area contributed by atoms with Crippen LogP contribution in [0.1, 0.15) is 38.2 Å². The number of hydrogen-bond donors (Lipinski definition) is 2. The summed E-state index contributed by atoms with van der Waals surface area (Å²) in [5, 5.41) is 13.3. The second kappa shape index (κ2) is 11.2. The molecular formula is C21H25N3O5S. The molecule has 160 valence electrons. The smallest absolute Gasteiger partial charge is 0.269 e. The van der Waals surface area contributed by atoms with Crippen LogP contribution in [0.25, 0.3) is 6.08 Å². The van der Waals surface area contributed by atoms with Crippen LogP contribution in [0.5, 0.6) is 0 Å². The molecule has 0 unspecified atom stereocenters. The van der Waals surface area contributed by atoms with E-state index in [9.17, 15) is 23.3 Å². The predicted octanol–water partition coefficient (Wildman–Crippen LogP) is 4.11. The van der Waals surface area contributed by atoms with Crippen molar-refractivity contribution in [1.29, 1.82) is 0 Å². The highest BCUT2D eigenvalue weighted by Crippen LogP contribution is 2.15. The minimum Gasteiger partial charge on any atom is -0.323 e. The van der Waals surface area contributed by atoms with Gasteiger partial charge in [-0.1, -0.05) is 26.2 Å². The Hall–Kier alpha value is -3.04. The van der Waals surface area contributed by atoms with Crippen molar-refractivity contribution in [3.05, 3.63) is 70.3 Å². The molecule has 2 aromatic rings. The topological polar surface area (TPSA) is 118 Å². The Bertz CT molecular complexity index is 984. The standard InChI is InChI=1S/C21H25N3O5S/c1-2-3-4-5-16-22-30(28,29)20-13-9-18(10-14-20)23-21(25)15-8-17-6-11-19(12-7-17)24(26)27/h6-15,22H,2-5,16H2,1H3,(H,23,25)/b15-8+. The molecule has 9 heteroatoms. The fourth-order valence-electron chi connectivity index (χ4n) is 2.62. The van der Waals surface area contributed by atoms with Gasteiger partial charge < -0.3 is 5.32 Å². The van der Waals surface area contributed by atoms with Crippen molar-refractivity contribution in [3.8, 4) is 0 Å². The van der Waals surface area contributed by atoms with Gasteiger partial charge in [0.2, 0.25) is 15.9 Å². The lowest BCUT2D eigenvalue weighted by atomic mass is 10.2. The number of nitrogens with zero attached hydrogens (tertiary/aromatic N) is 1. The first-order chi connectivity index (χ1) is 14.3. The maximum Gasteiger partial charge on any atom is 0.269 e. The summed E-state index contributed by atoms with van der Waals surface area (Å²) >= 11 is 0. The van der Waals surface area contributed by atoms with Crippen LogP contribution < -0.4 is 10.0 Å². The van der Waals surface area contributed by atoms with E-state index in [0.29, 0.717) is 17.8 Å². The second-order valence-corrected chi connectivity index (χ2v) is 8.42. The first-order valence-corrected chi connectivity index (χ1v) is 11.1. The number of sulfonamides is 1. The molecule has 2 aromatic carbocycles. The molecule has 0 spiro atoms. The summed E-state index contributed by atoms with van der Waals surface area (Å²) in [5.41, 5.74) is 1.07. The number of carbonyl (C=O) groups excluding carboxylic acids is 1. The molecule has 0 aliphatic carbocycles. The third-order valence-electron chi connectivity index (χ3n) is 4.29.